The van der Waals surface area contributed by atoms with Gasteiger partial charge in [-0.05, 0) is 39.1 Å². The van der Waals surface area contributed by atoms with Crippen molar-refractivity contribution < 1.29 is 28.7 Å². The monoisotopic (exact) mass is 509 g/mol. The van der Waals surface area contributed by atoms with E-state index in [1.54, 1.807) is 42.0 Å². The number of hydrogen-bond acceptors (Lipinski definition) is 9. The molecule has 2 aliphatic heterocycles. The summed E-state index contributed by atoms with van der Waals surface area (Å²) in [6, 6.07) is 7.06. The smallest absolute Gasteiger partial charge is 0.269 e. The predicted octanol–water partition coefficient (Wildman–Crippen LogP) is 1.42. The summed E-state index contributed by atoms with van der Waals surface area (Å²) in [4.78, 5) is 27.2. The molecular formula is C26H31N5O6. The van der Waals surface area contributed by atoms with E-state index in [9.17, 15) is 14.7 Å². The number of hydrogen-bond donors (Lipinski definition) is 3. The third-order valence-electron chi connectivity index (χ3n) is 5.34. The number of rotatable bonds is 4. The van der Waals surface area contributed by atoms with Gasteiger partial charge in [-0.15, -0.1) is 0 Å². The fourth-order valence-corrected chi connectivity index (χ4v) is 3.51. The van der Waals surface area contributed by atoms with Gasteiger partial charge < -0.3 is 34.7 Å². The number of carbonyl (C=O) groups is 2. The SMILES string of the molecule is CC(O)C#Cc1ccc2c(c1)-c1nc(C(N)=O)c(C=O)n1CCO2.CNCC1COC1.Cc1ccno1. The molecule has 0 radical (unpaired) electrons. The maximum Gasteiger partial charge on any atom is 0.269 e. The Morgan fingerprint density at radius 3 is 2.65 bits per heavy atom. The van der Waals surface area contributed by atoms with Gasteiger partial charge >= 0.3 is 0 Å². The summed E-state index contributed by atoms with van der Waals surface area (Å²) in [5.74, 6) is 7.41. The molecule has 3 aromatic rings. The van der Waals surface area contributed by atoms with Crippen LogP contribution in [0.5, 0.6) is 5.75 Å². The molecule has 0 aliphatic carbocycles. The van der Waals surface area contributed by atoms with Gasteiger partial charge in [0.2, 0.25) is 0 Å². The molecule has 2 aromatic heterocycles. The number of aliphatic hydroxyl groups is 1. The van der Waals surface area contributed by atoms with E-state index >= 15 is 0 Å². The first-order valence-corrected chi connectivity index (χ1v) is 11.8. The number of fused-ring (bicyclic) bond motifs is 3. The van der Waals surface area contributed by atoms with E-state index in [1.807, 2.05) is 14.0 Å². The normalized spacial score (nSPS) is 14.3. The first-order chi connectivity index (χ1) is 17.8. The van der Waals surface area contributed by atoms with Crippen LogP contribution < -0.4 is 15.8 Å². The first-order valence-electron chi connectivity index (χ1n) is 11.8. The number of amides is 1. The molecule has 5 rings (SSSR count). The number of ether oxygens (including phenoxy) is 2. The summed E-state index contributed by atoms with van der Waals surface area (Å²) in [6.07, 6.45) is 1.44. The van der Waals surface area contributed by atoms with Crippen molar-refractivity contribution in [1.29, 1.82) is 0 Å². The average molecular weight is 510 g/mol. The summed E-state index contributed by atoms with van der Waals surface area (Å²) in [5, 5.41) is 15.8. The van der Waals surface area contributed by atoms with Gasteiger partial charge in [0.05, 0.1) is 31.5 Å². The van der Waals surface area contributed by atoms with Gasteiger partial charge in [0, 0.05) is 24.1 Å². The average Bonchev–Trinajstić information content (AvgIpc) is 3.43. The van der Waals surface area contributed by atoms with Crippen LogP contribution in [0.2, 0.25) is 0 Å². The predicted molar refractivity (Wildman–Crippen MR) is 135 cm³/mol. The molecule has 4 N–H and O–H groups in total. The molecular weight excluding hydrogens is 478 g/mol. The molecule has 0 spiro atoms. The molecule has 1 aromatic carbocycles. The fourth-order valence-electron chi connectivity index (χ4n) is 3.51. The van der Waals surface area contributed by atoms with E-state index in [0.29, 0.717) is 42.1 Å². The minimum atomic E-state index is -0.759. The van der Waals surface area contributed by atoms with Crippen LogP contribution in [-0.4, -0.2) is 71.5 Å². The fraction of sp³-hybridized carbons (Fsp3) is 0.385. The minimum absolute atomic E-state index is 0.0617. The number of aldehydes is 1. The van der Waals surface area contributed by atoms with Crippen molar-refractivity contribution >= 4 is 12.2 Å². The van der Waals surface area contributed by atoms with Gasteiger partial charge in [-0.1, -0.05) is 17.0 Å². The number of imidazole rings is 1. The standard InChI is InChI=1S/C17H15N3O4.C5H11NO.C4H5NO/c1-10(22)2-3-11-4-5-14-12(8-11)17-19-15(16(18)23)13(9-21)20(17)6-7-24-14;1-6-2-5-3-7-4-5;1-4-2-3-5-6-4/h4-5,8-10,22H,6-7H2,1H3,(H2,18,23);5-6H,2-4H2,1H3;2-3H,1H3. The molecule has 37 heavy (non-hydrogen) atoms. The third-order valence-corrected chi connectivity index (χ3v) is 5.34. The molecule has 11 nitrogen and oxygen atoms in total. The topological polar surface area (TPSA) is 155 Å². The maximum absolute atomic E-state index is 11.5. The summed E-state index contributed by atoms with van der Waals surface area (Å²) in [6.45, 7) is 7.15. The summed E-state index contributed by atoms with van der Waals surface area (Å²) in [7, 11) is 1.97. The van der Waals surface area contributed by atoms with Crippen molar-refractivity contribution in [1.82, 2.24) is 20.0 Å². The molecule has 196 valence electrons. The van der Waals surface area contributed by atoms with E-state index in [-0.39, 0.29) is 11.4 Å². The Labute approximate surface area is 214 Å². The zero-order chi connectivity index (χ0) is 26.8. The van der Waals surface area contributed by atoms with Gasteiger partial charge in [-0.3, -0.25) is 9.59 Å². The summed E-state index contributed by atoms with van der Waals surface area (Å²) in [5.41, 5.74) is 6.66. The van der Waals surface area contributed by atoms with Gasteiger partial charge in [0.25, 0.3) is 5.91 Å². The lowest BCUT2D eigenvalue weighted by atomic mass is 10.1. The lowest BCUT2D eigenvalue weighted by molar-refractivity contribution is -0.0298. The van der Waals surface area contributed by atoms with Crippen LogP contribution in [-0.2, 0) is 11.3 Å². The van der Waals surface area contributed by atoms with Crippen LogP contribution in [0.25, 0.3) is 11.4 Å². The second-order valence-corrected chi connectivity index (χ2v) is 8.39. The highest BCUT2D eigenvalue weighted by atomic mass is 16.5. The first kappa shape index (κ1) is 27.6. The zero-order valence-electron chi connectivity index (χ0n) is 21.1. The van der Waals surface area contributed by atoms with Crippen LogP contribution in [0.15, 0.2) is 35.0 Å². The van der Waals surface area contributed by atoms with Crippen molar-refractivity contribution in [2.45, 2.75) is 26.5 Å². The van der Waals surface area contributed by atoms with Gasteiger partial charge in [0.15, 0.2) is 12.0 Å². The summed E-state index contributed by atoms with van der Waals surface area (Å²) < 4.78 is 16.8. The van der Waals surface area contributed by atoms with Crippen molar-refractivity contribution in [2.75, 3.05) is 33.4 Å². The van der Waals surface area contributed by atoms with Crippen molar-refractivity contribution in [3.05, 3.63) is 53.2 Å². The Hall–Kier alpha value is -3.98. The molecule has 0 bridgehead atoms. The largest absolute Gasteiger partial charge is 0.491 e. The lowest BCUT2D eigenvalue weighted by Gasteiger charge is -2.25. The molecule has 1 fully saturated rings. The van der Waals surface area contributed by atoms with Crippen LogP contribution in [0.4, 0.5) is 0 Å². The quantitative estimate of drug-likeness (QED) is 0.350. The van der Waals surface area contributed by atoms with Crippen LogP contribution in [0.1, 0.15) is 39.2 Å². The minimum Gasteiger partial charge on any atom is -0.491 e. The number of aliphatic hydroxyl groups excluding tert-OH is 1. The van der Waals surface area contributed by atoms with E-state index in [1.165, 1.54) is 0 Å². The lowest BCUT2D eigenvalue weighted by Crippen LogP contribution is -2.35. The second-order valence-electron chi connectivity index (χ2n) is 8.39. The highest BCUT2D eigenvalue weighted by Gasteiger charge is 2.25. The molecule has 1 unspecified atom stereocenters. The van der Waals surface area contributed by atoms with Gasteiger partial charge in [0.1, 0.15) is 35.7 Å². The van der Waals surface area contributed by atoms with Gasteiger partial charge in [-0.25, -0.2) is 4.98 Å². The Morgan fingerprint density at radius 1 is 1.38 bits per heavy atom. The van der Waals surface area contributed by atoms with Gasteiger partial charge in [-0.2, -0.15) is 0 Å². The van der Waals surface area contributed by atoms with Crippen molar-refractivity contribution in [3.8, 4) is 29.0 Å². The highest BCUT2D eigenvalue weighted by molar-refractivity contribution is 5.99. The Morgan fingerprint density at radius 2 is 2.16 bits per heavy atom. The van der Waals surface area contributed by atoms with Crippen LogP contribution >= 0.6 is 0 Å². The molecule has 0 saturated carbocycles. The van der Waals surface area contributed by atoms with E-state index in [2.05, 4.69) is 31.8 Å². The van der Waals surface area contributed by atoms with Crippen LogP contribution in [0, 0.1) is 24.7 Å². The number of primary amides is 1. The Bertz CT molecular complexity index is 1250. The molecule has 1 atom stereocenters. The highest BCUT2D eigenvalue weighted by Crippen LogP contribution is 2.33. The number of benzene rings is 1. The number of aromatic nitrogens is 3. The molecule has 11 heteroatoms. The molecule has 1 amide bonds. The summed E-state index contributed by atoms with van der Waals surface area (Å²) >= 11 is 0. The Kier molecular flexibility index (Phi) is 9.97. The maximum atomic E-state index is 11.5. The Balaban J connectivity index is 0.000000237. The van der Waals surface area contributed by atoms with E-state index < -0.39 is 12.0 Å². The van der Waals surface area contributed by atoms with E-state index in [4.69, 9.17) is 15.2 Å². The number of nitrogens with two attached hydrogens (primary N) is 1. The van der Waals surface area contributed by atoms with E-state index in [0.717, 1.165) is 31.4 Å². The second kappa shape index (κ2) is 13.4. The number of nitrogens with zero attached hydrogens (tertiary/aromatic N) is 3. The number of carbonyl (C=O) groups excluding carboxylic acids is 2. The van der Waals surface area contributed by atoms with Crippen molar-refractivity contribution in [2.24, 2.45) is 11.7 Å². The molecule has 2 aliphatic rings. The van der Waals surface area contributed by atoms with Crippen LogP contribution in [0.3, 0.4) is 0 Å². The van der Waals surface area contributed by atoms with Crippen molar-refractivity contribution in [3.63, 3.8) is 0 Å². The number of aryl methyl sites for hydroxylation is 1. The zero-order valence-corrected chi connectivity index (χ0v) is 21.1. The molecule has 1 saturated heterocycles. The molecule has 4 heterocycles. The third kappa shape index (κ3) is 7.50. The number of nitrogens with one attached hydrogen (secondary N) is 1.